The maximum absolute atomic E-state index is 13.7. The third-order valence-corrected chi connectivity index (χ3v) is 2.85. The molecule has 0 bridgehead atoms. The van der Waals surface area contributed by atoms with Gasteiger partial charge in [-0.3, -0.25) is 0 Å². The number of halogens is 1. The van der Waals surface area contributed by atoms with Gasteiger partial charge in [-0.2, -0.15) is 0 Å². The molecule has 1 aromatic carbocycles. The lowest BCUT2D eigenvalue weighted by Gasteiger charge is -2.15. The number of hydrogen-bond donors (Lipinski definition) is 1. The topological polar surface area (TPSA) is 59.1 Å². The molecular weight excluding hydrogens is 251 g/mol. The van der Waals surface area contributed by atoms with Gasteiger partial charge < -0.3 is 14.6 Å². The van der Waals surface area contributed by atoms with Gasteiger partial charge in [-0.1, -0.05) is 12.1 Å². The van der Waals surface area contributed by atoms with Crippen LogP contribution in [0.1, 0.15) is 24.2 Å². The van der Waals surface area contributed by atoms with E-state index in [1.54, 1.807) is 19.1 Å². The Morgan fingerprint density at radius 3 is 3.05 bits per heavy atom. The van der Waals surface area contributed by atoms with E-state index in [1.807, 2.05) is 0 Å². The quantitative estimate of drug-likeness (QED) is 0.634. The van der Waals surface area contributed by atoms with Crippen molar-refractivity contribution in [1.82, 2.24) is 0 Å². The second-order valence-electron chi connectivity index (χ2n) is 4.35. The fourth-order valence-electron chi connectivity index (χ4n) is 1.74. The Bertz CT molecular complexity index is 494. The number of carboxylic acids is 1. The second-order valence-corrected chi connectivity index (χ2v) is 4.35. The Morgan fingerprint density at radius 2 is 2.42 bits per heavy atom. The first-order valence-corrected chi connectivity index (χ1v) is 6.00. The molecule has 5 heteroatoms. The van der Waals surface area contributed by atoms with Crippen LogP contribution in [0.25, 0.3) is 6.08 Å². The van der Waals surface area contributed by atoms with Gasteiger partial charge >= 0.3 is 5.97 Å². The Morgan fingerprint density at radius 1 is 1.68 bits per heavy atom. The van der Waals surface area contributed by atoms with Crippen molar-refractivity contribution in [2.75, 3.05) is 13.2 Å². The summed E-state index contributed by atoms with van der Waals surface area (Å²) in [5.41, 5.74) is 0.868. The lowest BCUT2D eigenvalue weighted by Crippen LogP contribution is -2.08. The molecule has 0 amide bonds. The number of hydrogen-bond acceptors (Lipinski definition) is 3. The fourth-order valence-corrected chi connectivity index (χ4v) is 1.74. The molecule has 0 spiro atoms. The minimum atomic E-state index is -1.12. The van der Waals surface area contributed by atoms with Crippen LogP contribution in [0.4, 0.5) is 4.39 Å². The molecular formula is C14H15FO4. The van der Waals surface area contributed by atoms with Gasteiger partial charge in [-0.15, -0.1) is 0 Å². The second kappa shape index (κ2) is 5.95. The normalized spacial score (nSPS) is 19.6. The maximum Gasteiger partial charge on any atom is 0.328 e. The molecule has 2 rings (SSSR count). The summed E-state index contributed by atoms with van der Waals surface area (Å²) in [6, 6.07) is 4.60. The van der Waals surface area contributed by atoms with Crippen LogP contribution in [0.15, 0.2) is 24.3 Å². The number of carboxylic acid groups (broad SMARTS) is 1. The standard InChI is InChI=1S/C14H15FO4/c1-9(18-7-10-8-19-10)11-3-2-4-13(15)12(11)5-6-14(16)17/h2-6,9-10H,7-8H2,1H3,(H,16,17)/t9-,10?/m1/s1. The van der Waals surface area contributed by atoms with E-state index in [2.05, 4.69) is 0 Å². The molecule has 2 atom stereocenters. The molecule has 0 aliphatic carbocycles. The van der Waals surface area contributed by atoms with E-state index >= 15 is 0 Å². The summed E-state index contributed by atoms with van der Waals surface area (Å²) in [6.45, 7) is 2.96. The molecule has 1 aliphatic heterocycles. The molecule has 1 heterocycles. The van der Waals surface area contributed by atoms with Crippen molar-refractivity contribution >= 4 is 12.0 Å². The van der Waals surface area contributed by atoms with Crippen molar-refractivity contribution in [3.05, 3.63) is 41.2 Å². The zero-order chi connectivity index (χ0) is 13.8. The van der Waals surface area contributed by atoms with Gasteiger partial charge in [0.1, 0.15) is 11.9 Å². The van der Waals surface area contributed by atoms with Gasteiger partial charge in [-0.25, -0.2) is 9.18 Å². The molecule has 1 N–H and O–H groups in total. The number of ether oxygens (including phenoxy) is 2. The molecule has 1 saturated heterocycles. The largest absolute Gasteiger partial charge is 0.478 e. The fraction of sp³-hybridized carbons (Fsp3) is 0.357. The van der Waals surface area contributed by atoms with Crippen LogP contribution in [0.2, 0.25) is 0 Å². The van der Waals surface area contributed by atoms with Crippen LogP contribution < -0.4 is 0 Å². The molecule has 19 heavy (non-hydrogen) atoms. The zero-order valence-corrected chi connectivity index (χ0v) is 10.5. The minimum absolute atomic E-state index is 0.133. The van der Waals surface area contributed by atoms with Crippen molar-refractivity contribution < 1.29 is 23.8 Å². The summed E-state index contributed by atoms with van der Waals surface area (Å²) in [5.74, 6) is -1.58. The van der Waals surface area contributed by atoms with Crippen molar-refractivity contribution in [2.45, 2.75) is 19.1 Å². The summed E-state index contributed by atoms with van der Waals surface area (Å²) in [7, 11) is 0. The summed E-state index contributed by atoms with van der Waals surface area (Å²) in [5, 5.41) is 8.62. The minimum Gasteiger partial charge on any atom is -0.478 e. The smallest absolute Gasteiger partial charge is 0.328 e. The highest BCUT2D eigenvalue weighted by molar-refractivity contribution is 5.85. The molecule has 1 aliphatic rings. The molecule has 0 saturated carbocycles. The van der Waals surface area contributed by atoms with Crippen molar-refractivity contribution in [3.8, 4) is 0 Å². The summed E-state index contributed by atoms with van der Waals surface area (Å²) in [6.07, 6.45) is 1.97. The van der Waals surface area contributed by atoms with E-state index in [4.69, 9.17) is 14.6 Å². The first kappa shape index (κ1) is 13.7. The number of benzene rings is 1. The van der Waals surface area contributed by atoms with Crippen LogP contribution in [0.3, 0.4) is 0 Å². The van der Waals surface area contributed by atoms with Crippen LogP contribution >= 0.6 is 0 Å². The summed E-state index contributed by atoms with van der Waals surface area (Å²) in [4.78, 5) is 10.5. The van der Waals surface area contributed by atoms with Crippen LogP contribution in [0.5, 0.6) is 0 Å². The van der Waals surface area contributed by atoms with Crippen molar-refractivity contribution in [3.63, 3.8) is 0 Å². The van der Waals surface area contributed by atoms with E-state index in [0.29, 0.717) is 18.8 Å². The van der Waals surface area contributed by atoms with Gasteiger partial charge in [-0.05, 0) is 24.6 Å². The summed E-state index contributed by atoms with van der Waals surface area (Å²) >= 11 is 0. The highest BCUT2D eigenvalue weighted by atomic mass is 19.1. The highest BCUT2D eigenvalue weighted by Gasteiger charge is 2.24. The van der Waals surface area contributed by atoms with Crippen LogP contribution in [0, 0.1) is 5.82 Å². The number of aliphatic carboxylic acids is 1. The third kappa shape index (κ3) is 3.87. The van der Waals surface area contributed by atoms with Gasteiger partial charge in [0.25, 0.3) is 0 Å². The van der Waals surface area contributed by atoms with Gasteiger partial charge in [0, 0.05) is 11.6 Å². The average Bonchev–Trinajstić information content (AvgIpc) is 3.18. The van der Waals surface area contributed by atoms with Crippen LogP contribution in [-0.2, 0) is 14.3 Å². The predicted molar refractivity (Wildman–Crippen MR) is 67.2 cm³/mol. The lowest BCUT2D eigenvalue weighted by atomic mass is 10.0. The number of rotatable bonds is 6. The first-order chi connectivity index (χ1) is 9.08. The molecule has 1 fully saturated rings. The van der Waals surface area contributed by atoms with Gasteiger partial charge in [0.05, 0.1) is 19.3 Å². The first-order valence-electron chi connectivity index (χ1n) is 6.00. The third-order valence-electron chi connectivity index (χ3n) is 2.85. The Hall–Kier alpha value is -1.72. The Balaban J connectivity index is 2.17. The monoisotopic (exact) mass is 266 g/mol. The molecule has 4 nitrogen and oxygen atoms in total. The maximum atomic E-state index is 13.7. The lowest BCUT2D eigenvalue weighted by molar-refractivity contribution is -0.131. The molecule has 0 radical (unpaired) electrons. The zero-order valence-electron chi connectivity index (χ0n) is 10.5. The molecule has 102 valence electrons. The van der Waals surface area contributed by atoms with E-state index < -0.39 is 11.8 Å². The van der Waals surface area contributed by atoms with E-state index in [9.17, 15) is 9.18 Å². The van der Waals surface area contributed by atoms with Crippen molar-refractivity contribution in [1.29, 1.82) is 0 Å². The molecule has 1 aromatic rings. The summed E-state index contributed by atoms with van der Waals surface area (Å²) < 4.78 is 24.4. The Labute approximate surface area is 110 Å². The number of carbonyl (C=O) groups is 1. The van der Waals surface area contributed by atoms with Gasteiger partial charge in [0.15, 0.2) is 0 Å². The van der Waals surface area contributed by atoms with Crippen LogP contribution in [-0.4, -0.2) is 30.4 Å². The number of epoxide rings is 1. The van der Waals surface area contributed by atoms with E-state index in [-0.39, 0.29) is 17.8 Å². The van der Waals surface area contributed by atoms with Gasteiger partial charge in [0.2, 0.25) is 0 Å². The Kier molecular flexibility index (Phi) is 4.29. The molecule has 0 aromatic heterocycles. The molecule has 1 unspecified atom stereocenters. The van der Waals surface area contributed by atoms with Crippen molar-refractivity contribution in [2.24, 2.45) is 0 Å². The van der Waals surface area contributed by atoms with E-state index in [1.165, 1.54) is 12.1 Å². The predicted octanol–water partition coefficient (Wildman–Crippen LogP) is 2.40. The highest BCUT2D eigenvalue weighted by Crippen LogP contribution is 2.25. The SMILES string of the molecule is C[C@@H](OCC1CO1)c1cccc(F)c1C=CC(=O)O. The average molecular weight is 266 g/mol. The van der Waals surface area contributed by atoms with E-state index in [0.717, 1.165) is 6.08 Å².